The third-order valence-electron chi connectivity index (χ3n) is 6.18. The average Bonchev–Trinajstić information content (AvgIpc) is 3.15. The molecule has 1 aromatic rings. The quantitative estimate of drug-likeness (QED) is 0.784. The first kappa shape index (κ1) is 17.8. The summed E-state index contributed by atoms with van der Waals surface area (Å²) in [5, 5.41) is 0. The van der Waals surface area contributed by atoms with Gasteiger partial charge in [0.1, 0.15) is 5.75 Å². The number of hydrogen-bond acceptors (Lipinski definition) is 4. The molecule has 1 amide bonds. The van der Waals surface area contributed by atoms with Crippen LogP contribution in [0.3, 0.4) is 0 Å². The highest BCUT2D eigenvalue weighted by atomic mass is 16.5. The van der Waals surface area contributed by atoms with Crippen LogP contribution in [-0.4, -0.2) is 67.2 Å². The van der Waals surface area contributed by atoms with Gasteiger partial charge in [-0.25, -0.2) is 0 Å². The fraction of sp³-hybridized carbons (Fsp3) is 0.667. The molecule has 5 nitrogen and oxygen atoms in total. The van der Waals surface area contributed by atoms with Crippen molar-refractivity contribution >= 4 is 5.91 Å². The number of methoxy groups -OCH3 is 1. The maximum atomic E-state index is 13.2. The van der Waals surface area contributed by atoms with Crippen LogP contribution in [0.2, 0.25) is 0 Å². The highest BCUT2D eigenvalue weighted by Crippen LogP contribution is 2.33. The van der Waals surface area contributed by atoms with E-state index in [0.29, 0.717) is 23.8 Å². The monoisotopic (exact) mass is 358 g/mol. The Hall–Kier alpha value is -1.59. The van der Waals surface area contributed by atoms with Crippen molar-refractivity contribution < 1.29 is 14.3 Å². The Morgan fingerprint density at radius 2 is 1.92 bits per heavy atom. The Labute approximate surface area is 156 Å². The van der Waals surface area contributed by atoms with E-state index in [1.54, 1.807) is 7.11 Å². The Balaban J connectivity index is 1.48. The number of benzene rings is 1. The molecule has 0 N–H and O–H groups in total. The topological polar surface area (TPSA) is 42.0 Å². The third kappa shape index (κ3) is 3.60. The SMILES string of the molecule is COC1CCN([C@H]2CCC[C@H]2N(C)C(=O)c2ccccc2OC2CC2)C1. The fourth-order valence-corrected chi connectivity index (χ4v) is 4.50. The Bertz CT molecular complexity index is 646. The van der Waals surface area contributed by atoms with E-state index in [2.05, 4.69) is 4.90 Å². The molecule has 0 aromatic heterocycles. The van der Waals surface area contributed by atoms with Crippen LogP contribution >= 0.6 is 0 Å². The number of likely N-dealkylation sites (tertiary alicyclic amines) is 1. The maximum Gasteiger partial charge on any atom is 0.257 e. The van der Waals surface area contributed by atoms with E-state index in [9.17, 15) is 4.79 Å². The predicted molar refractivity (Wildman–Crippen MR) is 101 cm³/mol. The van der Waals surface area contributed by atoms with E-state index >= 15 is 0 Å². The van der Waals surface area contributed by atoms with Gasteiger partial charge in [-0.05, 0) is 50.7 Å². The number of rotatable bonds is 6. The second-order valence-corrected chi connectivity index (χ2v) is 7.94. The zero-order valence-electron chi connectivity index (χ0n) is 15.9. The van der Waals surface area contributed by atoms with Crippen molar-refractivity contribution in [3.8, 4) is 5.75 Å². The summed E-state index contributed by atoms with van der Waals surface area (Å²) in [5.41, 5.74) is 0.698. The number of nitrogens with zero attached hydrogens (tertiary/aromatic N) is 2. The Morgan fingerprint density at radius 3 is 2.65 bits per heavy atom. The summed E-state index contributed by atoms with van der Waals surface area (Å²) in [7, 11) is 3.76. The van der Waals surface area contributed by atoms with Gasteiger partial charge < -0.3 is 14.4 Å². The van der Waals surface area contributed by atoms with Gasteiger partial charge in [-0.15, -0.1) is 0 Å². The van der Waals surface area contributed by atoms with E-state index in [4.69, 9.17) is 9.47 Å². The number of ether oxygens (including phenoxy) is 2. The van der Waals surface area contributed by atoms with Gasteiger partial charge in [0.05, 0.1) is 17.8 Å². The lowest BCUT2D eigenvalue weighted by Crippen LogP contribution is -2.49. The van der Waals surface area contributed by atoms with Crippen LogP contribution in [0.4, 0.5) is 0 Å². The number of hydrogen-bond donors (Lipinski definition) is 0. The Kier molecular flexibility index (Phi) is 5.18. The van der Waals surface area contributed by atoms with Gasteiger partial charge in [0.15, 0.2) is 0 Å². The van der Waals surface area contributed by atoms with E-state index in [0.717, 1.165) is 44.5 Å². The molecule has 4 rings (SSSR count). The lowest BCUT2D eigenvalue weighted by Gasteiger charge is -2.35. The molecular formula is C21H30N2O3. The number of likely N-dealkylation sites (N-methyl/N-ethyl adjacent to an activating group) is 1. The van der Waals surface area contributed by atoms with Gasteiger partial charge in [-0.2, -0.15) is 0 Å². The van der Waals surface area contributed by atoms with Crippen molar-refractivity contribution in [2.24, 2.45) is 0 Å². The summed E-state index contributed by atoms with van der Waals surface area (Å²) >= 11 is 0. The third-order valence-corrected chi connectivity index (χ3v) is 6.18. The van der Waals surface area contributed by atoms with E-state index in [-0.39, 0.29) is 11.9 Å². The molecule has 3 aliphatic rings. The molecule has 1 heterocycles. The summed E-state index contributed by atoms with van der Waals surface area (Å²) in [6.45, 7) is 2.06. The highest BCUT2D eigenvalue weighted by Gasteiger charge is 2.40. The van der Waals surface area contributed by atoms with E-state index in [1.807, 2.05) is 36.2 Å². The largest absolute Gasteiger partial charge is 0.490 e. The second kappa shape index (κ2) is 7.57. The van der Waals surface area contributed by atoms with Gasteiger partial charge >= 0.3 is 0 Å². The molecule has 2 aliphatic carbocycles. The minimum absolute atomic E-state index is 0.0839. The molecule has 3 fully saturated rings. The van der Waals surface area contributed by atoms with Crippen LogP contribution in [0.1, 0.15) is 48.9 Å². The first-order valence-corrected chi connectivity index (χ1v) is 9.97. The summed E-state index contributed by atoms with van der Waals surface area (Å²) in [6, 6.07) is 8.41. The summed E-state index contributed by atoms with van der Waals surface area (Å²) in [5.74, 6) is 0.822. The van der Waals surface area contributed by atoms with Gasteiger partial charge in [0, 0.05) is 39.3 Å². The molecule has 1 aromatic carbocycles. The molecule has 2 saturated carbocycles. The van der Waals surface area contributed by atoms with Gasteiger partial charge in [0.25, 0.3) is 5.91 Å². The molecule has 0 radical (unpaired) electrons. The van der Waals surface area contributed by atoms with Gasteiger partial charge in [-0.3, -0.25) is 9.69 Å². The minimum atomic E-state index is 0.0839. The highest BCUT2D eigenvalue weighted by molar-refractivity contribution is 5.97. The average molecular weight is 358 g/mol. The number of para-hydroxylation sites is 1. The zero-order chi connectivity index (χ0) is 18.1. The zero-order valence-corrected chi connectivity index (χ0v) is 15.9. The first-order valence-electron chi connectivity index (χ1n) is 9.97. The van der Waals surface area contributed by atoms with E-state index < -0.39 is 0 Å². The normalized spacial score (nSPS) is 29.1. The molecule has 1 unspecified atom stereocenters. The molecule has 0 bridgehead atoms. The Morgan fingerprint density at radius 1 is 1.12 bits per heavy atom. The lowest BCUT2D eigenvalue weighted by atomic mass is 10.1. The number of carbonyl (C=O) groups is 1. The fourth-order valence-electron chi connectivity index (χ4n) is 4.50. The summed E-state index contributed by atoms with van der Waals surface area (Å²) < 4.78 is 11.5. The number of amides is 1. The molecule has 26 heavy (non-hydrogen) atoms. The predicted octanol–water partition coefficient (Wildman–Crippen LogP) is 2.94. The van der Waals surface area contributed by atoms with Crippen molar-refractivity contribution in [1.29, 1.82) is 0 Å². The minimum Gasteiger partial charge on any atom is -0.490 e. The van der Waals surface area contributed by atoms with Crippen LogP contribution in [0.25, 0.3) is 0 Å². The van der Waals surface area contributed by atoms with Crippen molar-refractivity contribution in [3.05, 3.63) is 29.8 Å². The molecule has 1 saturated heterocycles. The standard InChI is InChI=1S/C21H30N2O3/c1-22(18-7-5-8-19(18)23-13-12-16(14-23)25-2)21(24)17-6-3-4-9-20(17)26-15-10-11-15/h3-4,6,9,15-16,18-19H,5,7-8,10-14H2,1-2H3/t16?,18-,19+/m1/s1. The van der Waals surface area contributed by atoms with Crippen LogP contribution in [0.5, 0.6) is 5.75 Å². The molecule has 142 valence electrons. The summed E-state index contributed by atoms with van der Waals surface area (Å²) in [4.78, 5) is 17.7. The van der Waals surface area contributed by atoms with Crippen molar-refractivity contribution in [2.45, 2.75) is 62.8 Å². The maximum absolute atomic E-state index is 13.2. The molecule has 1 aliphatic heterocycles. The lowest BCUT2D eigenvalue weighted by molar-refractivity contribution is 0.0601. The van der Waals surface area contributed by atoms with Gasteiger partial charge in [0.2, 0.25) is 0 Å². The van der Waals surface area contributed by atoms with Crippen molar-refractivity contribution in [2.75, 3.05) is 27.2 Å². The first-order chi connectivity index (χ1) is 12.7. The number of carbonyl (C=O) groups excluding carboxylic acids is 1. The van der Waals surface area contributed by atoms with Gasteiger partial charge in [-0.1, -0.05) is 12.1 Å². The smallest absolute Gasteiger partial charge is 0.257 e. The van der Waals surface area contributed by atoms with Crippen LogP contribution in [-0.2, 0) is 4.74 Å². The molecule has 5 heteroatoms. The van der Waals surface area contributed by atoms with Crippen LogP contribution in [0, 0.1) is 0 Å². The molecular weight excluding hydrogens is 328 g/mol. The van der Waals surface area contributed by atoms with Crippen LogP contribution < -0.4 is 4.74 Å². The van der Waals surface area contributed by atoms with Crippen molar-refractivity contribution in [3.63, 3.8) is 0 Å². The second-order valence-electron chi connectivity index (χ2n) is 7.94. The van der Waals surface area contributed by atoms with Crippen LogP contribution in [0.15, 0.2) is 24.3 Å². The molecule has 3 atom stereocenters. The molecule has 0 spiro atoms. The summed E-state index contributed by atoms with van der Waals surface area (Å²) in [6.07, 6.45) is 7.34. The van der Waals surface area contributed by atoms with E-state index in [1.165, 1.54) is 12.8 Å². The van der Waals surface area contributed by atoms with Crippen molar-refractivity contribution in [1.82, 2.24) is 9.80 Å².